The third-order valence-electron chi connectivity index (χ3n) is 5.17. The Hall–Kier alpha value is -3.15. The Morgan fingerprint density at radius 1 is 1.24 bits per heavy atom. The molecule has 1 aromatic heterocycles. The largest absolute Gasteiger partial charge is 0.494 e. The highest BCUT2D eigenvalue weighted by Crippen LogP contribution is 2.32. The lowest BCUT2D eigenvalue weighted by atomic mass is 10.1. The lowest BCUT2D eigenvalue weighted by Crippen LogP contribution is -2.32. The first kappa shape index (κ1) is 19.2. The van der Waals surface area contributed by atoms with Crippen molar-refractivity contribution in [3.8, 4) is 17.1 Å². The van der Waals surface area contributed by atoms with Gasteiger partial charge in [0.2, 0.25) is 17.6 Å². The van der Waals surface area contributed by atoms with Gasteiger partial charge in [-0.2, -0.15) is 4.98 Å². The lowest BCUT2D eigenvalue weighted by molar-refractivity contribution is -0.131. The molecule has 1 aliphatic heterocycles. The van der Waals surface area contributed by atoms with E-state index in [-0.39, 0.29) is 11.9 Å². The predicted octanol–water partition coefficient (Wildman–Crippen LogP) is 4.35. The number of ether oxygens (including phenoxy) is 1. The van der Waals surface area contributed by atoms with Crippen molar-refractivity contribution in [2.45, 2.75) is 39.2 Å². The van der Waals surface area contributed by atoms with Crippen molar-refractivity contribution in [2.24, 2.45) is 0 Å². The molecule has 0 radical (unpaired) electrons. The molecular formula is C23H25N3O3. The maximum atomic E-state index is 12.9. The maximum Gasteiger partial charge on any atom is 0.249 e. The van der Waals surface area contributed by atoms with Gasteiger partial charge in [0.15, 0.2) is 0 Å². The van der Waals surface area contributed by atoms with E-state index in [9.17, 15) is 4.79 Å². The van der Waals surface area contributed by atoms with Gasteiger partial charge in [-0.25, -0.2) is 0 Å². The zero-order valence-electron chi connectivity index (χ0n) is 16.8. The number of amides is 1. The highest BCUT2D eigenvalue weighted by molar-refractivity contribution is 5.79. The second-order valence-corrected chi connectivity index (χ2v) is 7.32. The van der Waals surface area contributed by atoms with Crippen LogP contribution in [0.1, 0.15) is 42.8 Å². The van der Waals surface area contributed by atoms with Crippen molar-refractivity contribution in [2.75, 3.05) is 13.2 Å². The topological polar surface area (TPSA) is 68.5 Å². The monoisotopic (exact) mass is 391 g/mol. The molecule has 0 spiro atoms. The molecule has 1 saturated heterocycles. The summed E-state index contributed by atoms with van der Waals surface area (Å²) in [7, 11) is 0. The van der Waals surface area contributed by atoms with Crippen molar-refractivity contribution in [1.82, 2.24) is 15.0 Å². The number of aryl methyl sites for hydroxylation is 1. The molecule has 1 amide bonds. The maximum absolute atomic E-state index is 12.9. The molecule has 6 nitrogen and oxygen atoms in total. The summed E-state index contributed by atoms with van der Waals surface area (Å²) in [4.78, 5) is 19.4. The van der Waals surface area contributed by atoms with E-state index in [4.69, 9.17) is 9.26 Å². The van der Waals surface area contributed by atoms with Crippen LogP contribution in [0.15, 0.2) is 53.1 Å². The normalized spacial score (nSPS) is 16.2. The SMILES string of the molecule is CCOc1ccc(CC(=O)N2CCC[C@@H]2c2nc(-c3cccc(C)c3)no2)cc1. The molecule has 29 heavy (non-hydrogen) atoms. The number of benzene rings is 2. The highest BCUT2D eigenvalue weighted by Gasteiger charge is 2.34. The van der Waals surface area contributed by atoms with Crippen LogP contribution in [0.4, 0.5) is 0 Å². The third-order valence-corrected chi connectivity index (χ3v) is 5.17. The number of rotatable bonds is 6. The smallest absolute Gasteiger partial charge is 0.249 e. The quantitative estimate of drug-likeness (QED) is 0.625. The van der Waals surface area contributed by atoms with Gasteiger partial charge in [0, 0.05) is 12.1 Å². The van der Waals surface area contributed by atoms with Gasteiger partial charge in [0.1, 0.15) is 11.8 Å². The van der Waals surface area contributed by atoms with E-state index in [1.807, 2.05) is 67.3 Å². The first-order valence-electron chi connectivity index (χ1n) is 10.1. The standard InChI is InChI=1S/C23H25N3O3/c1-3-28-19-11-9-17(10-12-19)15-21(27)26-13-5-8-20(26)23-24-22(25-29-23)18-7-4-6-16(2)14-18/h4,6-7,9-12,14,20H,3,5,8,13,15H2,1-2H3/t20-/m1/s1. The number of hydrogen-bond acceptors (Lipinski definition) is 5. The van der Waals surface area contributed by atoms with E-state index in [0.717, 1.165) is 35.3 Å². The molecule has 1 aliphatic rings. The number of hydrogen-bond donors (Lipinski definition) is 0. The summed E-state index contributed by atoms with van der Waals surface area (Å²) in [6.07, 6.45) is 2.12. The summed E-state index contributed by atoms with van der Waals surface area (Å²) in [5.41, 5.74) is 3.03. The van der Waals surface area contributed by atoms with Crippen LogP contribution in [0, 0.1) is 6.92 Å². The summed E-state index contributed by atoms with van der Waals surface area (Å²) < 4.78 is 11.0. The molecule has 2 aromatic carbocycles. The first-order chi connectivity index (χ1) is 14.1. The van der Waals surface area contributed by atoms with Gasteiger partial charge in [-0.1, -0.05) is 41.1 Å². The molecule has 4 rings (SSSR count). The van der Waals surface area contributed by atoms with E-state index in [2.05, 4.69) is 10.1 Å². The van der Waals surface area contributed by atoms with E-state index in [0.29, 0.717) is 31.3 Å². The van der Waals surface area contributed by atoms with Gasteiger partial charge in [0.25, 0.3) is 0 Å². The summed E-state index contributed by atoms with van der Waals surface area (Å²) in [5, 5.41) is 4.14. The van der Waals surface area contributed by atoms with Crippen LogP contribution in [0.2, 0.25) is 0 Å². The summed E-state index contributed by atoms with van der Waals surface area (Å²) >= 11 is 0. The van der Waals surface area contributed by atoms with E-state index in [1.54, 1.807) is 0 Å². The first-order valence-corrected chi connectivity index (χ1v) is 10.1. The van der Waals surface area contributed by atoms with E-state index in [1.165, 1.54) is 0 Å². The van der Waals surface area contributed by atoms with Crippen molar-refractivity contribution in [3.63, 3.8) is 0 Å². The molecule has 6 heteroatoms. The summed E-state index contributed by atoms with van der Waals surface area (Å²) in [6.45, 7) is 5.32. The summed E-state index contributed by atoms with van der Waals surface area (Å²) in [6, 6.07) is 15.5. The summed E-state index contributed by atoms with van der Waals surface area (Å²) in [5.74, 6) is 1.97. The number of carbonyl (C=O) groups is 1. The zero-order valence-corrected chi connectivity index (χ0v) is 16.8. The second kappa shape index (κ2) is 8.47. The van der Waals surface area contributed by atoms with Crippen LogP contribution in [0.25, 0.3) is 11.4 Å². The minimum absolute atomic E-state index is 0.0759. The Morgan fingerprint density at radius 2 is 2.07 bits per heavy atom. The molecule has 0 unspecified atom stereocenters. The molecular weight excluding hydrogens is 366 g/mol. The third kappa shape index (κ3) is 4.31. The fourth-order valence-electron chi connectivity index (χ4n) is 3.74. The number of likely N-dealkylation sites (tertiary alicyclic amines) is 1. The Kier molecular flexibility index (Phi) is 5.60. The van der Waals surface area contributed by atoms with Crippen molar-refractivity contribution >= 4 is 5.91 Å². The molecule has 0 saturated carbocycles. The Balaban J connectivity index is 1.47. The van der Waals surface area contributed by atoms with Gasteiger partial charge in [-0.05, 0) is 50.5 Å². The molecule has 2 heterocycles. The molecule has 3 aromatic rings. The van der Waals surface area contributed by atoms with Crippen LogP contribution in [0.5, 0.6) is 5.75 Å². The molecule has 150 valence electrons. The van der Waals surface area contributed by atoms with Gasteiger partial charge < -0.3 is 14.2 Å². The molecule has 1 fully saturated rings. The number of carbonyl (C=O) groups excluding carboxylic acids is 1. The molecule has 0 aliphatic carbocycles. The van der Waals surface area contributed by atoms with Crippen LogP contribution in [0.3, 0.4) is 0 Å². The zero-order chi connectivity index (χ0) is 20.2. The van der Waals surface area contributed by atoms with Crippen LogP contribution >= 0.6 is 0 Å². The van der Waals surface area contributed by atoms with Gasteiger partial charge >= 0.3 is 0 Å². The van der Waals surface area contributed by atoms with Crippen LogP contribution in [-0.4, -0.2) is 34.1 Å². The molecule has 1 atom stereocenters. The fourth-order valence-corrected chi connectivity index (χ4v) is 3.74. The van der Waals surface area contributed by atoms with Gasteiger partial charge in [0.05, 0.1) is 13.0 Å². The van der Waals surface area contributed by atoms with Crippen LogP contribution < -0.4 is 4.74 Å². The minimum Gasteiger partial charge on any atom is -0.494 e. The van der Waals surface area contributed by atoms with Gasteiger partial charge in [-0.15, -0.1) is 0 Å². The Morgan fingerprint density at radius 3 is 2.83 bits per heavy atom. The van der Waals surface area contributed by atoms with Crippen molar-refractivity contribution in [3.05, 3.63) is 65.5 Å². The number of aromatic nitrogens is 2. The Labute approximate surface area is 170 Å². The van der Waals surface area contributed by atoms with E-state index < -0.39 is 0 Å². The van der Waals surface area contributed by atoms with Crippen molar-refractivity contribution in [1.29, 1.82) is 0 Å². The van der Waals surface area contributed by atoms with E-state index >= 15 is 0 Å². The Bertz CT molecular complexity index is 981. The average Bonchev–Trinajstić information content (AvgIpc) is 3.39. The fraction of sp³-hybridized carbons (Fsp3) is 0.348. The van der Waals surface area contributed by atoms with Crippen LogP contribution in [-0.2, 0) is 11.2 Å². The van der Waals surface area contributed by atoms with Crippen molar-refractivity contribution < 1.29 is 14.1 Å². The van der Waals surface area contributed by atoms with Gasteiger partial charge in [-0.3, -0.25) is 4.79 Å². The molecule has 0 N–H and O–H groups in total. The second-order valence-electron chi connectivity index (χ2n) is 7.32. The lowest BCUT2D eigenvalue weighted by Gasteiger charge is -2.22. The minimum atomic E-state index is -0.156. The highest BCUT2D eigenvalue weighted by atomic mass is 16.5. The average molecular weight is 391 g/mol. The predicted molar refractivity (Wildman–Crippen MR) is 109 cm³/mol. The molecule has 0 bridgehead atoms. The number of nitrogens with zero attached hydrogens (tertiary/aromatic N) is 3.